The van der Waals surface area contributed by atoms with Gasteiger partial charge in [0.15, 0.2) is 0 Å². The van der Waals surface area contributed by atoms with Gasteiger partial charge < -0.3 is 10.2 Å². The lowest BCUT2D eigenvalue weighted by Gasteiger charge is -2.29. The zero-order chi connectivity index (χ0) is 21.1. The van der Waals surface area contributed by atoms with E-state index in [-0.39, 0.29) is 30.6 Å². The van der Waals surface area contributed by atoms with Crippen LogP contribution < -0.4 is 5.32 Å². The average molecular weight is 417 g/mol. The summed E-state index contributed by atoms with van der Waals surface area (Å²) in [7, 11) is 0. The number of hydrogen-bond acceptors (Lipinski definition) is 3. The summed E-state index contributed by atoms with van der Waals surface area (Å²) >= 11 is 1.59. The van der Waals surface area contributed by atoms with Crippen LogP contribution in [-0.4, -0.2) is 35.1 Å². The van der Waals surface area contributed by atoms with Crippen molar-refractivity contribution >= 4 is 23.6 Å². The lowest BCUT2D eigenvalue weighted by molar-refractivity contribution is -0.140. The predicted molar refractivity (Wildman–Crippen MR) is 116 cm³/mol. The summed E-state index contributed by atoms with van der Waals surface area (Å²) < 4.78 is 14.2. The largest absolute Gasteiger partial charge is 0.354 e. The number of carbonyl (C=O) groups is 2. The Hall–Kier alpha value is -2.34. The van der Waals surface area contributed by atoms with Gasteiger partial charge in [0.05, 0.1) is 0 Å². The fraction of sp³-hybridized carbons (Fsp3) is 0.391. The highest BCUT2D eigenvalue weighted by Crippen LogP contribution is 2.20. The van der Waals surface area contributed by atoms with Crippen LogP contribution in [0.15, 0.2) is 59.5 Å². The molecule has 0 aliphatic carbocycles. The Morgan fingerprint density at radius 3 is 2.48 bits per heavy atom. The molecule has 0 fully saturated rings. The van der Waals surface area contributed by atoms with Crippen LogP contribution in [-0.2, 0) is 16.1 Å². The third-order valence-corrected chi connectivity index (χ3v) is 5.64. The van der Waals surface area contributed by atoms with Gasteiger partial charge in [0.1, 0.15) is 11.9 Å². The maximum atomic E-state index is 14.2. The third-order valence-electron chi connectivity index (χ3n) is 4.62. The number of nitrogens with zero attached hydrogens (tertiary/aromatic N) is 1. The van der Waals surface area contributed by atoms with Crippen LogP contribution in [0.1, 0.15) is 38.7 Å². The molecule has 156 valence electrons. The van der Waals surface area contributed by atoms with Crippen molar-refractivity contribution < 1.29 is 14.0 Å². The molecule has 6 heteroatoms. The maximum absolute atomic E-state index is 14.2. The summed E-state index contributed by atoms with van der Waals surface area (Å²) in [6, 6.07) is 15.6. The minimum absolute atomic E-state index is 0.0733. The molecule has 1 unspecified atom stereocenters. The second-order valence-electron chi connectivity index (χ2n) is 6.85. The Labute approximate surface area is 176 Å². The standard InChI is InChI=1S/C23H29FN2O2S/c1-3-4-15-25-23(28)18(2)26(17-19-10-8-9-13-21(19)24)22(27)14-16-29-20-11-6-5-7-12-20/h5-13,18H,3-4,14-17H2,1-2H3,(H,25,28). The van der Waals surface area contributed by atoms with Gasteiger partial charge in [-0.25, -0.2) is 4.39 Å². The number of thioether (sulfide) groups is 1. The molecule has 1 atom stereocenters. The molecular weight excluding hydrogens is 387 g/mol. The van der Waals surface area contributed by atoms with E-state index in [4.69, 9.17) is 0 Å². The van der Waals surface area contributed by atoms with Gasteiger partial charge in [-0.05, 0) is 31.5 Å². The normalized spacial score (nSPS) is 11.7. The number of rotatable bonds is 11. The number of benzene rings is 2. The van der Waals surface area contributed by atoms with Crippen LogP contribution >= 0.6 is 11.8 Å². The van der Waals surface area contributed by atoms with Crippen molar-refractivity contribution in [3.05, 3.63) is 66.0 Å². The number of nitrogens with one attached hydrogen (secondary N) is 1. The molecule has 2 rings (SSSR count). The summed E-state index contributed by atoms with van der Waals surface area (Å²) in [4.78, 5) is 28.0. The van der Waals surface area contributed by atoms with Gasteiger partial charge in [0, 0.05) is 35.7 Å². The van der Waals surface area contributed by atoms with E-state index in [1.165, 1.54) is 11.0 Å². The molecule has 1 N–H and O–H groups in total. The van der Waals surface area contributed by atoms with Crippen molar-refractivity contribution in [1.82, 2.24) is 10.2 Å². The monoisotopic (exact) mass is 416 g/mol. The zero-order valence-corrected chi connectivity index (χ0v) is 17.9. The highest BCUT2D eigenvalue weighted by molar-refractivity contribution is 7.99. The Morgan fingerprint density at radius 2 is 1.79 bits per heavy atom. The minimum atomic E-state index is -0.666. The number of hydrogen-bond donors (Lipinski definition) is 1. The van der Waals surface area contributed by atoms with Crippen molar-refractivity contribution in [2.45, 2.75) is 50.6 Å². The van der Waals surface area contributed by atoms with E-state index in [9.17, 15) is 14.0 Å². The first kappa shape index (κ1) is 22.9. The quantitative estimate of drug-likeness (QED) is 0.429. The lowest BCUT2D eigenvalue weighted by atomic mass is 10.1. The molecule has 0 aromatic heterocycles. The van der Waals surface area contributed by atoms with E-state index in [0.29, 0.717) is 17.9 Å². The van der Waals surface area contributed by atoms with Gasteiger partial charge in [-0.15, -0.1) is 11.8 Å². The van der Waals surface area contributed by atoms with Gasteiger partial charge in [-0.3, -0.25) is 9.59 Å². The van der Waals surface area contributed by atoms with Gasteiger partial charge in [0.25, 0.3) is 0 Å². The SMILES string of the molecule is CCCCNC(=O)C(C)N(Cc1ccccc1F)C(=O)CCSc1ccccc1. The fourth-order valence-electron chi connectivity index (χ4n) is 2.85. The molecule has 0 heterocycles. The van der Waals surface area contributed by atoms with Crippen LogP contribution in [0.4, 0.5) is 4.39 Å². The van der Waals surface area contributed by atoms with E-state index in [0.717, 1.165) is 17.7 Å². The molecule has 2 aromatic carbocycles. The van der Waals surface area contributed by atoms with E-state index in [2.05, 4.69) is 5.32 Å². The van der Waals surface area contributed by atoms with E-state index >= 15 is 0 Å². The molecule has 0 saturated heterocycles. The molecule has 4 nitrogen and oxygen atoms in total. The van der Waals surface area contributed by atoms with Gasteiger partial charge in [0.2, 0.25) is 11.8 Å². The van der Waals surface area contributed by atoms with Crippen LogP contribution in [0.2, 0.25) is 0 Å². The van der Waals surface area contributed by atoms with Crippen molar-refractivity contribution in [2.75, 3.05) is 12.3 Å². The van der Waals surface area contributed by atoms with Crippen LogP contribution in [0, 0.1) is 5.82 Å². The Kier molecular flexibility index (Phi) is 9.71. The first-order valence-electron chi connectivity index (χ1n) is 10.0. The summed E-state index contributed by atoms with van der Waals surface area (Å²) in [6.07, 6.45) is 2.14. The summed E-state index contributed by atoms with van der Waals surface area (Å²) in [5, 5.41) is 2.87. The molecule has 2 aromatic rings. The van der Waals surface area contributed by atoms with Crippen LogP contribution in [0.25, 0.3) is 0 Å². The van der Waals surface area contributed by atoms with Crippen LogP contribution in [0.5, 0.6) is 0 Å². The molecule has 0 saturated carbocycles. The van der Waals surface area contributed by atoms with Crippen molar-refractivity contribution in [2.24, 2.45) is 0 Å². The zero-order valence-electron chi connectivity index (χ0n) is 17.1. The Balaban J connectivity index is 2.04. The third kappa shape index (κ3) is 7.54. The molecule has 2 amide bonds. The van der Waals surface area contributed by atoms with E-state index < -0.39 is 6.04 Å². The summed E-state index contributed by atoms with van der Waals surface area (Å²) in [5.41, 5.74) is 0.407. The number of amides is 2. The second-order valence-corrected chi connectivity index (χ2v) is 8.01. The molecule has 0 aliphatic rings. The first-order chi connectivity index (χ1) is 14.0. The average Bonchev–Trinajstić information content (AvgIpc) is 2.73. The molecule has 0 bridgehead atoms. The van der Waals surface area contributed by atoms with E-state index in [1.807, 2.05) is 37.3 Å². The Morgan fingerprint density at radius 1 is 1.10 bits per heavy atom. The number of unbranched alkanes of at least 4 members (excludes halogenated alkanes) is 1. The van der Waals surface area contributed by atoms with Gasteiger partial charge >= 0.3 is 0 Å². The van der Waals surface area contributed by atoms with Crippen molar-refractivity contribution in [3.63, 3.8) is 0 Å². The molecular formula is C23H29FN2O2S. The Bertz CT molecular complexity index is 785. The summed E-state index contributed by atoms with van der Waals surface area (Å²) in [5.74, 6) is -0.142. The van der Waals surface area contributed by atoms with Gasteiger partial charge in [-0.2, -0.15) is 0 Å². The first-order valence-corrected chi connectivity index (χ1v) is 11.0. The fourth-order valence-corrected chi connectivity index (χ4v) is 3.71. The van der Waals surface area contributed by atoms with Crippen LogP contribution in [0.3, 0.4) is 0 Å². The lowest BCUT2D eigenvalue weighted by Crippen LogP contribution is -2.48. The van der Waals surface area contributed by atoms with Crippen molar-refractivity contribution in [3.8, 4) is 0 Å². The number of halogens is 1. The molecule has 0 spiro atoms. The summed E-state index contributed by atoms with van der Waals surface area (Å²) in [6.45, 7) is 4.40. The second kappa shape index (κ2) is 12.3. The molecule has 29 heavy (non-hydrogen) atoms. The molecule has 0 aliphatic heterocycles. The van der Waals surface area contributed by atoms with E-state index in [1.54, 1.807) is 36.9 Å². The predicted octanol–water partition coefficient (Wildman–Crippen LogP) is 4.64. The smallest absolute Gasteiger partial charge is 0.242 e. The highest BCUT2D eigenvalue weighted by Gasteiger charge is 2.26. The van der Waals surface area contributed by atoms with Gasteiger partial charge in [-0.1, -0.05) is 49.7 Å². The minimum Gasteiger partial charge on any atom is -0.354 e. The highest BCUT2D eigenvalue weighted by atomic mass is 32.2. The maximum Gasteiger partial charge on any atom is 0.242 e. The topological polar surface area (TPSA) is 49.4 Å². The number of carbonyl (C=O) groups excluding carboxylic acids is 2. The van der Waals surface area contributed by atoms with Crippen molar-refractivity contribution in [1.29, 1.82) is 0 Å². The molecule has 0 radical (unpaired) electrons.